The first-order valence-corrected chi connectivity index (χ1v) is 10.0. The Morgan fingerprint density at radius 3 is 2.59 bits per heavy atom. The molecule has 0 unspecified atom stereocenters. The number of carbonyl (C=O) groups is 1. The van der Waals surface area contributed by atoms with Crippen LogP contribution in [0, 0.1) is 17.1 Å². The molecular formula is C23H22ClFN2O2. The first kappa shape index (κ1) is 20.9. The SMILES string of the molecule is N#C/C(=C/c1ccc(OCc2c(F)cccc2Cl)cc1)C(=O)NC1CCCCC1. The Morgan fingerprint density at radius 2 is 1.93 bits per heavy atom. The van der Waals surface area contributed by atoms with Gasteiger partial charge in [0.15, 0.2) is 0 Å². The molecule has 2 aromatic rings. The number of hydrogen-bond acceptors (Lipinski definition) is 3. The predicted molar refractivity (Wildman–Crippen MR) is 111 cm³/mol. The third-order valence-electron chi connectivity index (χ3n) is 4.94. The lowest BCUT2D eigenvalue weighted by Gasteiger charge is -2.22. The molecule has 3 rings (SSSR count). The van der Waals surface area contributed by atoms with Crippen LogP contribution in [0.1, 0.15) is 43.2 Å². The van der Waals surface area contributed by atoms with Gasteiger partial charge in [0.05, 0.1) is 5.02 Å². The number of benzene rings is 2. The second-order valence-electron chi connectivity index (χ2n) is 7.04. The molecule has 0 saturated heterocycles. The molecule has 0 bridgehead atoms. The summed E-state index contributed by atoms with van der Waals surface area (Å²) in [5, 5.41) is 12.6. The Bertz CT molecular complexity index is 909. The van der Waals surface area contributed by atoms with Gasteiger partial charge in [0.25, 0.3) is 5.91 Å². The van der Waals surface area contributed by atoms with Crippen molar-refractivity contribution >= 4 is 23.6 Å². The highest BCUT2D eigenvalue weighted by molar-refractivity contribution is 6.31. The van der Waals surface area contributed by atoms with Crippen molar-refractivity contribution in [3.05, 3.63) is 70.0 Å². The number of carbonyl (C=O) groups excluding carboxylic acids is 1. The molecule has 1 N–H and O–H groups in total. The number of nitrogens with one attached hydrogen (secondary N) is 1. The van der Waals surface area contributed by atoms with Crippen molar-refractivity contribution in [2.75, 3.05) is 0 Å². The van der Waals surface area contributed by atoms with E-state index in [4.69, 9.17) is 16.3 Å². The maximum absolute atomic E-state index is 13.8. The predicted octanol–water partition coefficient (Wildman–Crippen LogP) is 5.41. The van der Waals surface area contributed by atoms with Crippen LogP contribution >= 0.6 is 11.6 Å². The average molecular weight is 413 g/mol. The molecule has 2 aromatic carbocycles. The molecule has 1 fully saturated rings. The zero-order valence-corrected chi connectivity index (χ0v) is 16.7. The van der Waals surface area contributed by atoms with Crippen molar-refractivity contribution in [1.29, 1.82) is 5.26 Å². The third-order valence-corrected chi connectivity index (χ3v) is 5.30. The van der Waals surface area contributed by atoms with Gasteiger partial charge in [0.1, 0.15) is 29.8 Å². The number of hydrogen-bond donors (Lipinski definition) is 1. The summed E-state index contributed by atoms with van der Waals surface area (Å²) in [5.74, 6) is -0.222. The lowest BCUT2D eigenvalue weighted by Crippen LogP contribution is -2.36. The Hall–Kier alpha value is -2.84. The van der Waals surface area contributed by atoms with E-state index in [0.29, 0.717) is 21.9 Å². The van der Waals surface area contributed by atoms with E-state index in [1.807, 2.05) is 6.07 Å². The largest absolute Gasteiger partial charge is 0.489 e. The Kier molecular flexibility index (Phi) is 7.26. The summed E-state index contributed by atoms with van der Waals surface area (Å²) in [4.78, 5) is 12.4. The van der Waals surface area contributed by atoms with Gasteiger partial charge in [-0.15, -0.1) is 0 Å². The molecule has 0 aliphatic heterocycles. The monoisotopic (exact) mass is 412 g/mol. The second kappa shape index (κ2) is 10.1. The molecule has 0 radical (unpaired) electrons. The molecule has 0 spiro atoms. The van der Waals surface area contributed by atoms with Crippen LogP contribution in [0.2, 0.25) is 5.02 Å². The minimum Gasteiger partial charge on any atom is -0.489 e. The van der Waals surface area contributed by atoms with Crippen molar-refractivity contribution in [3.8, 4) is 11.8 Å². The molecule has 0 atom stereocenters. The van der Waals surface area contributed by atoms with Crippen LogP contribution in [0.4, 0.5) is 4.39 Å². The molecule has 1 aliphatic rings. The molecule has 0 heterocycles. The van der Waals surface area contributed by atoms with Crippen molar-refractivity contribution in [1.82, 2.24) is 5.32 Å². The number of rotatable bonds is 6. The molecule has 29 heavy (non-hydrogen) atoms. The normalized spacial score (nSPS) is 14.9. The van der Waals surface area contributed by atoms with Crippen molar-refractivity contribution in [2.45, 2.75) is 44.8 Å². The molecule has 4 nitrogen and oxygen atoms in total. The van der Waals surface area contributed by atoms with Crippen molar-refractivity contribution < 1.29 is 13.9 Å². The van der Waals surface area contributed by atoms with Crippen LogP contribution in [-0.2, 0) is 11.4 Å². The molecule has 1 aliphatic carbocycles. The number of nitriles is 1. The van der Waals surface area contributed by atoms with Gasteiger partial charge >= 0.3 is 0 Å². The second-order valence-corrected chi connectivity index (χ2v) is 7.44. The van der Waals surface area contributed by atoms with Crippen LogP contribution in [0.25, 0.3) is 6.08 Å². The molecule has 1 saturated carbocycles. The van der Waals surface area contributed by atoms with Gasteiger partial charge in [-0.1, -0.05) is 49.1 Å². The van der Waals surface area contributed by atoms with Crippen molar-refractivity contribution in [2.24, 2.45) is 0 Å². The minimum atomic E-state index is -0.417. The van der Waals surface area contributed by atoms with Gasteiger partial charge < -0.3 is 10.1 Å². The van der Waals surface area contributed by atoms with E-state index in [1.165, 1.54) is 12.5 Å². The van der Waals surface area contributed by atoms with E-state index < -0.39 is 5.82 Å². The van der Waals surface area contributed by atoms with E-state index in [1.54, 1.807) is 42.5 Å². The number of nitrogens with zero attached hydrogens (tertiary/aromatic N) is 1. The zero-order chi connectivity index (χ0) is 20.6. The molecular weight excluding hydrogens is 391 g/mol. The van der Waals surface area contributed by atoms with Crippen LogP contribution in [0.3, 0.4) is 0 Å². The summed E-state index contributed by atoms with van der Waals surface area (Å²) in [5.41, 5.74) is 1.07. The zero-order valence-electron chi connectivity index (χ0n) is 16.0. The highest BCUT2D eigenvalue weighted by Crippen LogP contribution is 2.22. The first-order chi connectivity index (χ1) is 14.1. The molecule has 6 heteroatoms. The molecule has 150 valence electrons. The third kappa shape index (κ3) is 5.82. The maximum Gasteiger partial charge on any atom is 0.262 e. The molecule has 1 amide bonds. The number of halogens is 2. The number of amides is 1. The van der Waals surface area contributed by atoms with E-state index in [-0.39, 0.29) is 24.1 Å². The maximum atomic E-state index is 13.8. The minimum absolute atomic E-state index is 0.00787. The van der Waals surface area contributed by atoms with Gasteiger partial charge in [0.2, 0.25) is 0 Å². The standard InChI is InChI=1S/C23H22ClFN2O2/c24-21-7-4-8-22(25)20(21)15-29-19-11-9-16(10-12-19)13-17(14-26)23(28)27-18-5-2-1-3-6-18/h4,7-13,18H,1-3,5-6,15H2,(H,27,28)/b17-13-. The summed E-state index contributed by atoms with van der Waals surface area (Å²) in [6.45, 7) is 0.00787. The molecule has 0 aromatic heterocycles. The van der Waals surface area contributed by atoms with Crippen molar-refractivity contribution in [3.63, 3.8) is 0 Å². The van der Waals surface area contributed by atoms with Gasteiger partial charge in [-0.25, -0.2) is 4.39 Å². The van der Waals surface area contributed by atoms with E-state index in [0.717, 1.165) is 25.7 Å². The lowest BCUT2D eigenvalue weighted by molar-refractivity contribution is -0.117. The van der Waals surface area contributed by atoms with E-state index >= 15 is 0 Å². The number of ether oxygens (including phenoxy) is 1. The van der Waals surface area contributed by atoms with E-state index in [2.05, 4.69) is 5.32 Å². The average Bonchev–Trinajstić information content (AvgIpc) is 2.73. The highest BCUT2D eigenvalue weighted by atomic mass is 35.5. The van der Waals surface area contributed by atoms with Crippen LogP contribution in [0.15, 0.2) is 48.0 Å². The summed E-state index contributed by atoms with van der Waals surface area (Å²) in [6.07, 6.45) is 6.89. The fourth-order valence-electron chi connectivity index (χ4n) is 3.31. The van der Waals surface area contributed by atoms with Gasteiger partial charge in [-0.05, 0) is 48.7 Å². The smallest absolute Gasteiger partial charge is 0.262 e. The quantitative estimate of drug-likeness (QED) is 0.509. The summed E-state index contributed by atoms with van der Waals surface area (Å²) in [6, 6.07) is 13.5. The summed E-state index contributed by atoms with van der Waals surface area (Å²) < 4.78 is 19.4. The van der Waals surface area contributed by atoms with Gasteiger partial charge in [0, 0.05) is 11.6 Å². The van der Waals surface area contributed by atoms with Crippen LogP contribution in [0.5, 0.6) is 5.75 Å². The summed E-state index contributed by atoms with van der Waals surface area (Å²) in [7, 11) is 0. The van der Waals surface area contributed by atoms with Gasteiger partial charge in [-0.2, -0.15) is 5.26 Å². The van der Waals surface area contributed by atoms with Crippen LogP contribution in [-0.4, -0.2) is 11.9 Å². The summed E-state index contributed by atoms with van der Waals surface area (Å²) >= 11 is 6.00. The fraction of sp³-hybridized carbons (Fsp3) is 0.304. The Balaban J connectivity index is 1.62. The highest BCUT2D eigenvalue weighted by Gasteiger charge is 2.18. The van der Waals surface area contributed by atoms with Crippen LogP contribution < -0.4 is 10.1 Å². The lowest BCUT2D eigenvalue weighted by atomic mass is 9.95. The first-order valence-electron chi connectivity index (χ1n) is 9.65. The Morgan fingerprint density at radius 1 is 1.21 bits per heavy atom. The topological polar surface area (TPSA) is 62.1 Å². The Labute approximate surface area is 174 Å². The van der Waals surface area contributed by atoms with Gasteiger partial charge in [-0.3, -0.25) is 4.79 Å². The van der Waals surface area contributed by atoms with E-state index in [9.17, 15) is 14.4 Å². The fourth-order valence-corrected chi connectivity index (χ4v) is 3.53.